The van der Waals surface area contributed by atoms with Crippen molar-refractivity contribution < 1.29 is 142 Å². The fourth-order valence-corrected chi connectivity index (χ4v) is 11.5. The van der Waals surface area contributed by atoms with Crippen LogP contribution < -0.4 is 0 Å². The number of carboxylic acid groups (broad SMARTS) is 1. The molecule has 0 saturated carbocycles. The van der Waals surface area contributed by atoms with E-state index < -0.39 is 203 Å². The van der Waals surface area contributed by atoms with Crippen molar-refractivity contribution in [2.45, 2.75) is 137 Å². The Bertz CT molecular complexity index is 2450. The van der Waals surface area contributed by atoms with E-state index in [-0.39, 0.29) is 42.6 Å². The lowest BCUT2D eigenvalue weighted by atomic mass is 9.83. The summed E-state index contributed by atoms with van der Waals surface area (Å²) in [6.07, 6.45) is -21.1. The highest BCUT2D eigenvalue weighted by Gasteiger charge is 2.54. The van der Waals surface area contributed by atoms with Gasteiger partial charge in [-0.1, -0.05) is 18.2 Å². The van der Waals surface area contributed by atoms with Crippen LogP contribution in [0.4, 0.5) is 0 Å². The Kier molecular flexibility index (Phi) is 18.3. The second-order valence-corrected chi connectivity index (χ2v) is 20.4. The number of rotatable bonds is 18. The molecular weight excluding hydrogens is 1060 g/mol. The first kappa shape index (κ1) is 58.6. The van der Waals surface area contributed by atoms with Crippen LogP contribution in [0.15, 0.2) is 70.5 Å². The van der Waals surface area contributed by atoms with Crippen molar-refractivity contribution in [3.05, 3.63) is 70.5 Å². The fourth-order valence-electron chi connectivity index (χ4n) is 11.5. The molecule has 13 N–H and O–H groups in total. The minimum absolute atomic E-state index is 0.0142. The SMILES string of the molecule is CC(=O)OCC1=CC[C@H]2C(C(=O)OCC3=CC[C@H]4C(C(=O)OCC5=CC[C@H]6C(C(=O)O)=CO[C@H](O[C@H]7O[C@@H](CO)[C@H](O)[C@@H](O)[C@@H]7O)[C@@H]56)=CO[C@H](O[C@H]5O[C@@H](CO)[C@H](O)[C@@H](O)[C@@H]5O)[C@@H]34)=CO[C@H](O[C@H]3O[C@@H](CO)[C@H](O)[C@@H](O)[C@@H]3O)[C@@H]12. The van der Waals surface area contributed by atoms with Gasteiger partial charge in [0.1, 0.15) is 93.1 Å². The quantitative estimate of drug-likeness (QED) is 0.0346. The fraction of sp³-hybridized carbons (Fsp3) is 0.680. The molecule has 0 radical (unpaired) electrons. The van der Waals surface area contributed by atoms with Crippen LogP contribution in [0.3, 0.4) is 0 Å². The predicted molar refractivity (Wildman–Crippen MR) is 249 cm³/mol. The number of carbonyl (C=O) groups is 4. The summed E-state index contributed by atoms with van der Waals surface area (Å²) in [5.74, 6) is -9.13. The molecular formula is C50H64O29. The zero-order valence-electron chi connectivity index (χ0n) is 42.0. The molecule has 6 heterocycles. The van der Waals surface area contributed by atoms with E-state index in [2.05, 4.69) is 0 Å². The largest absolute Gasteiger partial charge is 0.478 e. The van der Waals surface area contributed by atoms with Crippen molar-refractivity contribution in [2.24, 2.45) is 35.5 Å². The Hall–Kier alpha value is -5.00. The van der Waals surface area contributed by atoms with Crippen molar-refractivity contribution in [3.8, 4) is 0 Å². The van der Waals surface area contributed by atoms with E-state index in [1.54, 1.807) is 18.2 Å². The van der Waals surface area contributed by atoms with Crippen LogP contribution in [0.25, 0.3) is 0 Å². The normalized spacial score (nSPS) is 42.4. The summed E-state index contributed by atoms with van der Waals surface area (Å²) in [4.78, 5) is 52.6. The van der Waals surface area contributed by atoms with Crippen molar-refractivity contribution >= 4 is 23.9 Å². The van der Waals surface area contributed by atoms with Crippen molar-refractivity contribution in [1.82, 2.24) is 0 Å². The lowest BCUT2D eigenvalue weighted by Gasteiger charge is -2.43. The first-order chi connectivity index (χ1) is 37.8. The topological polar surface area (TPSA) is 442 Å². The Balaban J connectivity index is 0.913. The molecule has 3 fully saturated rings. The molecule has 0 unspecified atom stereocenters. The van der Waals surface area contributed by atoms with Gasteiger partial charge in [-0.05, 0) is 36.0 Å². The van der Waals surface area contributed by atoms with Crippen molar-refractivity contribution in [3.63, 3.8) is 0 Å². The standard InChI is InChI=1S/C50H64O29/c1-17(54)68-11-18-3-6-22-25(15-72-46(31(18)22)78-49-40(62)37(59)34(56)28(9-52)75-49)43(66)70-13-20-4-7-23-26(16-73-47(32(20)23)79-50-41(63)38(60)35(57)29(10-53)76-50)44(67)69-12-19-2-5-21-24(42(64)65)14-71-45(30(19)21)77-48-39(61)36(58)33(55)27(8-51)74-48/h2-4,14-16,21-23,27-41,45-53,55-63H,5-13H2,1H3,(H,64,65)/t21-,22-,23-,27-,28-,29-,30-,31-,32-,33-,34-,35-,36+,37+,38+,39-,40-,41-,45+,46+,47+,48+,49+,50+/m0/s1. The molecule has 0 bridgehead atoms. The van der Waals surface area contributed by atoms with E-state index in [1.807, 2.05) is 0 Å². The molecule has 9 rings (SSSR count). The summed E-state index contributed by atoms with van der Waals surface area (Å²) in [7, 11) is 0. The first-order valence-corrected chi connectivity index (χ1v) is 25.5. The summed E-state index contributed by atoms with van der Waals surface area (Å²) < 4.78 is 69.1. The second-order valence-electron chi connectivity index (χ2n) is 20.4. The third-order valence-corrected chi connectivity index (χ3v) is 15.8. The molecule has 438 valence electrons. The highest BCUT2D eigenvalue weighted by molar-refractivity contribution is 5.90. The molecule has 0 aromatic carbocycles. The van der Waals surface area contributed by atoms with Crippen molar-refractivity contribution in [1.29, 1.82) is 0 Å². The maximum atomic E-state index is 14.2. The average molecular weight is 1130 g/mol. The number of carbonyl (C=O) groups excluding carboxylic acids is 3. The third kappa shape index (κ3) is 11.6. The van der Waals surface area contributed by atoms with Crippen LogP contribution in [-0.2, 0) is 76.0 Å². The zero-order chi connectivity index (χ0) is 56.7. The summed E-state index contributed by atoms with van der Waals surface area (Å²) in [6.45, 7) is -2.33. The molecule has 9 aliphatic rings. The van der Waals surface area contributed by atoms with Gasteiger partial charge in [0.05, 0.1) is 73.1 Å². The number of esters is 3. The van der Waals surface area contributed by atoms with Crippen LogP contribution in [0.2, 0.25) is 0 Å². The number of carboxylic acids is 1. The molecule has 29 heteroatoms. The maximum absolute atomic E-state index is 14.2. The minimum Gasteiger partial charge on any atom is -0.478 e. The number of hydrogen-bond donors (Lipinski definition) is 13. The lowest BCUT2D eigenvalue weighted by molar-refractivity contribution is -0.339. The van der Waals surface area contributed by atoms with E-state index in [4.69, 9.17) is 56.8 Å². The van der Waals surface area contributed by atoms with Gasteiger partial charge in [-0.3, -0.25) is 4.79 Å². The number of fused-ring (bicyclic) bond motifs is 3. The number of hydrogen-bond acceptors (Lipinski definition) is 28. The second kappa shape index (κ2) is 24.6. The summed E-state index contributed by atoms with van der Waals surface area (Å²) in [5.41, 5.74) is 0.846. The minimum atomic E-state index is -1.88. The van der Waals surface area contributed by atoms with Crippen LogP contribution in [0.5, 0.6) is 0 Å². The Labute approximate surface area is 448 Å². The summed E-state index contributed by atoms with van der Waals surface area (Å²) >= 11 is 0. The highest BCUT2D eigenvalue weighted by atomic mass is 16.8. The summed E-state index contributed by atoms with van der Waals surface area (Å²) in [6, 6.07) is 0. The van der Waals surface area contributed by atoms with E-state index in [0.29, 0.717) is 16.7 Å². The number of aliphatic hydroxyl groups is 12. The molecule has 0 spiro atoms. The monoisotopic (exact) mass is 1130 g/mol. The average Bonchev–Trinajstić information content (AvgIpc) is 4.40. The maximum Gasteiger partial charge on any atom is 0.337 e. The molecule has 3 aliphatic carbocycles. The Morgan fingerprint density at radius 3 is 1.05 bits per heavy atom. The van der Waals surface area contributed by atoms with Crippen LogP contribution >= 0.6 is 0 Å². The van der Waals surface area contributed by atoms with Crippen LogP contribution in [-0.4, -0.2) is 241 Å². The molecule has 24 atom stereocenters. The molecule has 79 heavy (non-hydrogen) atoms. The van der Waals surface area contributed by atoms with Crippen LogP contribution in [0.1, 0.15) is 26.2 Å². The molecule has 0 amide bonds. The lowest BCUT2D eigenvalue weighted by Crippen LogP contribution is -2.60. The van der Waals surface area contributed by atoms with Gasteiger partial charge < -0.3 is 123 Å². The smallest absolute Gasteiger partial charge is 0.337 e. The van der Waals surface area contributed by atoms with Crippen LogP contribution in [0, 0.1) is 35.5 Å². The van der Waals surface area contributed by atoms with E-state index >= 15 is 0 Å². The van der Waals surface area contributed by atoms with Gasteiger partial charge in [0.15, 0.2) is 18.9 Å². The predicted octanol–water partition coefficient (Wildman–Crippen LogP) is -5.42. The number of ether oxygens (including phenoxy) is 12. The highest BCUT2D eigenvalue weighted by Crippen LogP contribution is 2.49. The molecule has 6 aliphatic heterocycles. The number of aliphatic hydroxyl groups excluding tert-OH is 12. The Morgan fingerprint density at radius 2 is 0.747 bits per heavy atom. The van der Waals surface area contributed by atoms with Gasteiger partial charge in [-0.2, -0.15) is 0 Å². The molecule has 3 saturated heterocycles. The van der Waals surface area contributed by atoms with Gasteiger partial charge in [0.25, 0.3) is 0 Å². The Morgan fingerprint density at radius 1 is 0.443 bits per heavy atom. The van der Waals surface area contributed by atoms with E-state index in [9.17, 15) is 85.6 Å². The van der Waals surface area contributed by atoms with Gasteiger partial charge in [0.2, 0.25) is 18.9 Å². The first-order valence-electron chi connectivity index (χ1n) is 25.5. The van der Waals surface area contributed by atoms with Gasteiger partial charge in [0, 0.05) is 24.7 Å². The molecule has 0 aromatic heterocycles. The van der Waals surface area contributed by atoms with Crippen molar-refractivity contribution in [2.75, 3.05) is 39.6 Å². The van der Waals surface area contributed by atoms with Gasteiger partial charge >= 0.3 is 23.9 Å². The summed E-state index contributed by atoms with van der Waals surface area (Å²) in [5, 5.41) is 134. The van der Waals surface area contributed by atoms with E-state index in [0.717, 1.165) is 18.8 Å². The molecule has 0 aromatic rings. The number of allylic oxidation sites excluding steroid dienone is 3. The molecule has 29 nitrogen and oxygen atoms in total. The third-order valence-electron chi connectivity index (χ3n) is 15.8. The number of aliphatic carboxylic acids is 1. The van der Waals surface area contributed by atoms with E-state index in [1.165, 1.54) is 6.92 Å². The zero-order valence-corrected chi connectivity index (χ0v) is 42.0. The van der Waals surface area contributed by atoms with Gasteiger partial charge in [-0.25, -0.2) is 14.4 Å². The van der Waals surface area contributed by atoms with Gasteiger partial charge in [-0.15, -0.1) is 0 Å².